The maximum absolute atomic E-state index is 14.0. The molecule has 4 aliphatic heterocycles. The van der Waals surface area contributed by atoms with Crippen LogP contribution in [-0.2, 0) is 23.9 Å². The summed E-state index contributed by atoms with van der Waals surface area (Å²) in [6, 6.07) is 8.71. The lowest BCUT2D eigenvalue weighted by Crippen LogP contribution is -2.59. The maximum atomic E-state index is 14.0. The van der Waals surface area contributed by atoms with E-state index in [1.807, 2.05) is 24.3 Å². The molecule has 0 saturated carbocycles. The van der Waals surface area contributed by atoms with E-state index in [-0.39, 0.29) is 40.7 Å². The predicted molar refractivity (Wildman–Crippen MR) is 182 cm³/mol. The number of piperidine rings is 2. The summed E-state index contributed by atoms with van der Waals surface area (Å²) in [4.78, 5) is 48.1. The first-order valence-electron chi connectivity index (χ1n) is 17.0. The molecule has 3 fully saturated rings. The molecule has 49 heavy (non-hydrogen) atoms. The van der Waals surface area contributed by atoms with Gasteiger partial charge in [0.05, 0.1) is 16.3 Å². The molecular weight excluding hydrogens is 661 g/mol. The number of nitrogens with one attached hydrogen (secondary N) is 4. The topological polar surface area (TPSA) is 112 Å². The van der Waals surface area contributed by atoms with Crippen molar-refractivity contribution in [1.29, 1.82) is 0 Å². The highest BCUT2D eigenvalue weighted by Crippen LogP contribution is 2.39. The van der Waals surface area contributed by atoms with Gasteiger partial charge in [-0.25, -0.2) is 9.59 Å². The van der Waals surface area contributed by atoms with Crippen LogP contribution >= 0.6 is 11.6 Å². The fourth-order valence-electron chi connectivity index (χ4n) is 7.53. The van der Waals surface area contributed by atoms with Crippen LogP contribution in [-0.4, -0.2) is 115 Å². The monoisotopic (exact) mass is 704 g/mol. The van der Waals surface area contributed by atoms with Gasteiger partial charge in [-0.3, -0.25) is 9.69 Å². The standard InChI is InChI=1S/C34H44ClF3N8O3/c1-39-30-26(34(36,37)38)18-22(19-27(30)35)20-29(31(47)44-16-14-43(15-17-44)24-6-10-40-11-7-24)42-32(48)45-12-8-25(9-13-45)46-21-23-4-2-3-5-28(23)41-33(46)49/h2-5,18-19,24-25,29,39-40H,6-17,20-21H2,1H3,(H,41,49)(H,42,48)/t29-/m1/s1. The molecule has 11 nitrogen and oxygen atoms in total. The number of halogens is 4. The summed E-state index contributed by atoms with van der Waals surface area (Å²) < 4.78 is 42.0. The van der Waals surface area contributed by atoms with Crippen LogP contribution in [0.15, 0.2) is 36.4 Å². The van der Waals surface area contributed by atoms with Crippen LogP contribution in [0.4, 0.5) is 34.1 Å². The van der Waals surface area contributed by atoms with Crippen LogP contribution in [0.3, 0.4) is 0 Å². The van der Waals surface area contributed by atoms with Gasteiger partial charge in [0, 0.05) is 77.1 Å². The molecule has 15 heteroatoms. The number of carbonyl (C=O) groups is 3. The van der Waals surface area contributed by atoms with Crippen molar-refractivity contribution < 1.29 is 27.6 Å². The highest BCUT2D eigenvalue weighted by Gasteiger charge is 2.38. The van der Waals surface area contributed by atoms with Crippen molar-refractivity contribution in [2.75, 3.05) is 70.0 Å². The molecule has 0 spiro atoms. The van der Waals surface area contributed by atoms with Gasteiger partial charge in [-0.2, -0.15) is 13.2 Å². The van der Waals surface area contributed by atoms with Gasteiger partial charge in [0.2, 0.25) is 5.91 Å². The van der Waals surface area contributed by atoms with Crippen LogP contribution in [0.1, 0.15) is 42.4 Å². The average Bonchev–Trinajstić information content (AvgIpc) is 3.10. The summed E-state index contributed by atoms with van der Waals surface area (Å²) in [5.41, 5.74) is 0.841. The molecule has 266 valence electrons. The van der Waals surface area contributed by atoms with Gasteiger partial charge in [0.15, 0.2) is 0 Å². The number of fused-ring (bicyclic) bond motifs is 1. The van der Waals surface area contributed by atoms with Crippen LogP contribution in [0.25, 0.3) is 0 Å². The smallest absolute Gasteiger partial charge is 0.386 e. The van der Waals surface area contributed by atoms with Crippen molar-refractivity contribution in [2.24, 2.45) is 0 Å². The summed E-state index contributed by atoms with van der Waals surface area (Å²) in [6.45, 7) is 5.45. The van der Waals surface area contributed by atoms with E-state index >= 15 is 0 Å². The van der Waals surface area contributed by atoms with Crippen LogP contribution in [0, 0.1) is 0 Å². The van der Waals surface area contributed by atoms with E-state index in [1.54, 1.807) is 14.7 Å². The zero-order valence-electron chi connectivity index (χ0n) is 27.6. The number of para-hydroxylation sites is 1. The molecule has 0 unspecified atom stereocenters. The number of benzene rings is 2. The number of alkyl halides is 3. The second-order valence-corrected chi connectivity index (χ2v) is 13.6. The summed E-state index contributed by atoms with van der Waals surface area (Å²) >= 11 is 6.29. The maximum Gasteiger partial charge on any atom is 0.418 e. The molecular formula is C34H44ClF3N8O3. The number of nitrogens with zero attached hydrogens (tertiary/aromatic N) is 4. The van der Waals surface area contributed by atoms with Crippen LogP contribution < -0.4 is 21.3 Å². The van der Waals surface area contributed by atoms with Crippen molar-refractivity contribution in [3.05, 3.63) is 58.1 Å². The van der Waals surface area contributed by atoms with Gasteiger partial charge in [-0.1, -0.05) is 29.8 Å². The van der Waals surface area contributed by atoms with E-state index < -0.39 is 23.8 Å². The molecule has 0 aliphatic carbocycles. The van der Waals surface area contributed by atoms with E-state index in [9.17, 15) is 27.6 Å². The third-order valence-corrected chi connectivity index (χ3v) is 10.5. The first-order chi connectivity index (χ1) is 23.5. The second kappa shape index (κ2) is 15.0. The number of amides is 5. The predicted octanol–water partition coefficient (Wildman–Crippen LogP) is 4.43. The van der Waals surface area contributed by atoms with Gasteiger partial charge in [0.25, 0.3) is 0 Å². The number of likely N-dealkylation sites (tertiary alicyclic amines) is 1. The molecule has 4 N–H and O–H groups in total. The number of anilines is 2. The Kier molecular flexibility index (Phi) is 10.8. The van der Waals surface area contributed by atoms with Crippen LogP contribution in [0.2, 0.25) is 5.02 Å². The molecule has 1 atom stereocenters. The summed E-state index contributed by atoms with van der Waals surface area (Å²) in [7, 11) is 1.37. The van der Waals surface area contributed by atoms with E-state index in [0.29, 0.717) is 64.7 Å². The Balaban J connectivity index is 1.14. The zero-order chi connectivity index (χ0) is 34.7. The number of hydrogen-bond acceptors (Lipinski definition) is 6. The molecule has 3 saturated heterocycles. The third kappa shape index (κ3) is 8.02. The number of rotatable bonds is 7. The van der Waals surface area contributed by atoms with Gasteiger partial charge in [-0.15, -0.1) is 0 Å². The van der Waals surface area contributed by atoms with Gasteiger partial charge < -0.3 is 36.0 Å². The number of urea groups is 2. The van der Waals surface area contributed by atoms with E-state index in [0.717, 1.165) is 43.2 Å². The minimum Gasteiger partial charge on any atom is -0.386 e. The SMILES string of the molecule is CNc1c(Cl)cc(C[C@@H](NC(=O)N2CCC(N3Cc4ccccc4NC3=O)CC2)C(=O)N2CCN(C3CCNCC3)CC2)cc1C(F)(F)F. The van der Waals surface area contributed by atoms with Gasteiger partial charge in [-0.05, 0) is 68.1 Å². The Morgan fingerprint density at radius 2 is 1.65 bits per heavy atom. The lowest BCUT2D eigenvalue weighted by molar-refractivity contribution is -0.137. The fourth-order valence-corrected chi connectivity index (χ4v) is 7.87. The fraction of sp³-hybridized carbons (Fsp3) is 0.559. The minimum atomic E-state index is -4.68. The summed E-state index contributed by atoms with van der Waals surface area (Å²) in [5.74, 6) is -0.334. The summed E-state index contributed by atoms with van der Waals surface area (Å²) in [5, 5.41) is 11.6. The normalized spacial score (nSPS) is 20.4. The van der Waals surface area contributed by atoms with E-state index in [2.05, 4.69) is 26.2 Å². The third-order valence-electron chi connectivity index (χ3n) is 10.2. The molecule has 6 rings (SSSR count). The Bertz CT molecular complexity index is 1520. The van der Waals surface area contributed by atoms with Crippen molar-refractivity contribution in [3.63, 3.8) is 0 Å². The highest BCUT2D eigenvalue weighted by molar-refractivity contribution is 6.33. The zero-order valence-corrected chi connectivity index (χ0v) is 28.4. The minimum absolute atomic E-state index is 0.0697. The Hall–Kier alpha value is -3.75. The van der Waals surface area contributed by atoms with E-state index in [4.69, 9.17) is 11.6 Å². The quantitative estimate of drug-likeness (QED) is 0.340. The van der Waals surface area contributed by atoms with Crippen molar-refractivity contribution in [3.8, 4) is 0 Å². The first-order valence-corrected chi connectivity index (χ1v) is 17.4. The summed E-state index contributed by atoms with van der Waals surface area (Å²) in [6.07, 6.45) is -1.64. The van der Waals surface area contributed by atoms with E-state index in [1.165, 1.54) is 13.1 Å². The van der Waals surface area contributed by atoms with Gasteiger partial charge >= 0.3 is 18.2 Å². The lowest BCUT2D eigenvalue weighted by atomic mass is 9.99. The Morgan fingerprint density at radius 1 is 0.959 bits per heavy atom. The van der Waals surface area contributed by atoms with Gasteiger partial charge in [0.1, 0.15) is 6.04 Å². The molecule has 4 heterocycles. The molecule has 0 aromatic heterocycles. The second-order valence-electron chi connectivity index (χ2n) is 13.2. The number of piperazine rings is 1. The van der Waals surface area contributed by atoms with Crippen molar-refractivity contribution >= 4 is 40.9 Å². The largest absolute Gasteiger partial charge is 0.418 e. The van der Waals surface area contributed by atoms with Crippen molar-refractivity contribution in [1.82, 2.24) is 30.2 Å². The average molecular weight is 705 g/mol. The molecule has 0 radical (unpaired) electrons. The molecule has 2 aromatic carbocycles. The Morgan fingerprint density at radius 3 is 2.33 bits per heavy atom. The lowest BCUT2D eigenvalue weighted by Gasteiger charge is -2.42. The molecule has 2 aromatic rings. The molecule has 4 aliphatic rings. The Labute approximate surface area is 289 Å². The van der Waals surface area contributed by atoms with Crippen molar-refractivity contribution in [2.45, 2.75) is 63.0 Å². The molecule has 5 amide bonds. The van der Waals surface area contributed by atoms with Crippen LogP contribution in [0.5, 0.6) is 0 Å². The number of hydrogen-bond donors (Lipinski definition) is 4. The highest BCUT2D eigenvalue weighted by atomic mass is 35.5. The first kappa shape index (κ1) is 35.1. The number of carbonyl (C=O) groups excluding carboxylic acids is 3. The molecule has 0 bridgehead atoms.